The van der Waals surface area contributed by atoms with Crippen LogP contribution in [0.25, 0.3) is 10.2 Å². The predicted octanol–water partition coefficient (Wildman–Crippen LogP) is 4.08. The summed E-state index contributed by atoms with van der Waals surface area (Å²) in [7, 11) is 0. The Kier molecular flexibility index (Phi) is 3.54. The van der Waals surface area contributed by atoms with Gasteiger partial charge in [-0.1, -0.05) is 13.8 Å². The fourth-order valence-corrected chi connectivity index (χ4v) is 2.47. The van der Waals surface area contributed by atoms with Crippen LogP contribution in [0.15, 0.2) is 6.07 Å². The number of rotatable bonds is 3. The van der Waals surface area contributed by atoms with Crippen LogP contribution in [0.3, 0.4) is 0 Å². The minimum atomic E-state index is 0.101. The molecular weight excluding hydrogens is 256 g/mol. The van der Waals surface area contributed by atoms with Crippen molar-refractivity contribution < 1.29 is 4.74 Å². The maximum Gasteiger partial charge on any atom is 0.227 e. The quantitative estimate of drug-likeness (QED) is 0.789. The van der Waals surface area contributed by atoms with E-state index in [1.54, 1.807) is 11.3 Å². The Bertz CT molecular complexity index is 539. The van der Waals surface area contributed by atoms with Gasteiger partial charge < -0.3 is 4.74 Å². The Labute approximate surface area is 110 Å². The lowest BCUT2D eigenvalue weighted by atomic mass is 10.1. The summed E-state index contributed by atoms with van der Waals surface area (Å²) in [6, 6.07) is 2.04. The van der Waals surface area contributed by atoms with E-state index in [1.165, 1.54) is 4.88 Å². The Morgan fingerprint density at radius 1 is 1.29 bits per heavy atom. The summed E-state index contributed by atoms with van der Waals surface area (Å²) in [6.07, 6.45) is 0.101. The average molecular weight is 271 g/mol. The molecule has 0 fully saturated rings. The zero-order valence-electron chi connectivity index (χ0n) is 10.3. The van der Waals surface area contributed by atoms with Crippen LogP contribution in [0.2, 0.25) is 5.28 Å². The third-order valence-electron chi connectivity index (χ3n) is 2.69. The highest BCUT2D eigenvalue weighted by Gasteiger charge is 2.15. The third kappa shape index (κ3) is 2.69. The molecular formula is C12H15ClN2OS. The molecule has 0 aromatic carbocycles. The van der Waals surface area contributed by atoms with Crippen LogP contribution in [-0.4, -0.2) is 16.1 Å². The molecule has 0 N–H and O–H groups in total. The molecule has 3 nitrogen and oxygen atoms in total. The molecule has 0 saturated carbocycles. The van der Waals surface area contributed by atoms with Gasteiger partial charge in [0.15, 0.2) is 0 Å². The first-order chi connectivity index (χ1) is 7.97. The SMILES string of the molecule is Cc1cc2c(OC(C)C(C)C)nc(Cl)nc2s1. The molecule has 0 saturated heterocycles. The lowest BCUT2D eigenvalue weighted by Gasteiger charge is -2.17. The van der Waals surface area contributed by atoms with E-state index in [9.17, 15) is 0 Å². The number of hydrogen-bond acceptors (Lipinski definition) is 4. The van der Waals surface area contributed by atoms with Gasteiger partial charge in [0.05, 0.1) is 11.5 Å². The van der Waals surface area contributed by atoms with Gasteiger partial charge in [-0.2, -0.15) is 4.98 Å². The van der Waals surface area contributed by atoms with E-state index >= 15 is 0 Å². The smallest absolute Gasteiger partial charge is 0.227 e. The third-order valence-corrected chi connectivity index (χ3v) is 3.80. The Hall–Kier alpha value is -0.870. The lowest BCUT2D eigenvalue weighted by molar-refractivity contribution is 0.166. The fourth-order valence-electron chi connectivity index (χ4n) is 1.39. The molecule has 2 aromatic heterocycles. The maximum absolute atomic E-state index is 5.90. The highest BCUT2D eigenvalue weighted by Crippen LogP contribution is 2.31. The van der Waals surface area contributed by atoms with Gasteiger partial charge in [-0.3, -0.25) is 0 Å². The van der Waals surface area contributed by atoms with E-state index < -0.39 is 0 Å². The van der Waals surface area contributed by atoms with Gasteiger partial charge >= 0.3 is 0 Å². The summed E-state index contributed by atoms with van der Waals surface area (Å²) in [6.45, 7) is 8.30. The van der Waals surface area contributed by atoms with Crippen molar-refractivity contribution in [1.82, 2.24) is 9.97 Å². The van der Waals surface area contributed by atoms with Crippen molar-refractivity contribution in [2.75, 3.05) is 0 Å². The Balaban J connectivity index is 2.44. The summed E-state index contributed by atoms with van der Waals surface area (Å²) in [5, 5.41) is 1.19. The van der Waals surface area contributed by atoms with Crippen molar-refractivity contribution in [3.63, 3.8) is 0 Å². The van der Waals surface area contributed by atoms with E-state index in [0.717, 1.165) is 10.2 Å². The second-order valence-electron chi connectivity index (χ2n) is 4.44. The lowest BCUT2D eigenvalue weighted by Crippen LogP contribution is -2.19. The molecule has 0 aliphatic rings. The second-order valence-corrected chi connectivity index (χ2v) is 6.01. The first-order valence-corrected chi connectivity index (χ1v) is 6.77. The Morgan fingerprint density at radius 2 is 2.00 bits per heavy atom. The Morgan fingerprint density at radius 3 is 2.65 bits per heavy atom. The first-order valence-electron chi connectivity index (χ1n) is 5.57. The van der Waals surface area contributed by atoms with E-state index in [-0.39, 0.29) is 11.4 Å². The minimum absolute atomic E-state index is 0.101. The van der Waals surface area contributed by atoms with Gasteiger partial charge in [0, 0.05) is 4.88 Å². The van der Waals surface area contributed by atoms with Crippen LogP contribution in [-0.2, 0) is 0 Å². The molecule has 2 heterocycles. The highest BCUT2D eigenvalue weighted by atomic mass is 35.5. The normalized spacial score (nSPS) is 13.3. The van der Waals surface area contributed by atoms with E-state index in [1.807, 2.05) is 19.9 Å². The molecule has 17 heavy (non-hydrogen) atoms. The van der Waals surface area contributed by atoms with Gasteiger partial charge in [0.25, 0.3) is 0 Å². The van der Waals surface area contributed by atoms with Gasteiger partial charge in [0.2, 0.25) is 11.2 Å². The maximum atomic E-state index is 5.90. The molecule has 2 aromatic rings. The molecule has 1 atom stereocenters. The van der Waals surface area contributed by atoms with Gasteiger partial charge in [-0.05, 0) is 37.4 Å². The molecule has 0 bridgehead atoms. The number of halogens is 1. The molecule has 1 unspecified atom stereocenters. The number of hydrogen-bond donors (Lipinski definition) is 0. The predicted molar refractivity (Wildman–Crippen MR) is 72.1 cm³/mol. The van der Waals surface area contributed by atoms with Crippen LogP contribution in [0, 0.1) is 12.8 Å². The summed E-state index contributed by atoms with van der Waals surface area (Å²) in [5.41, 5.74) is 0. The summed E-state index contributed by atoms with van der Waals surface area (Å²) < 4.78 is 5.85. The van der Waals surface area contributed by atoms with Crippen molar-refractivity contribution in [3.05, 3.63) is 16.2 Å². The largest absolute Gasteiger partial charge is 0.474 e. The average Bonchev–Trinajstić information content (AvgIpc) is 2.58. The summed E-state index contributed by atoms with van der Waals surface area (Å²) in [4.78, 5) is 10.4. The van der Waals surface area contributed by atoms with Crippen LogP contribution < -0.4 is 4.74 Å². The fraction of sp³-hybridized carbons (Fsp3) is 0.500. The number of thiophene rings is 1. The molecule has 0 aliphatic carbocycles. The first kappa shape index (κ1) is 12.6. The van der Waals surface area contributed by atoms with Crippen LogP contribution in [0.5, 0.6) is 5.88 Å². The van der Waals surface area contributed by atoms with Gasteiger partial charge in [-0.15, -0.1) is 11.3 Å². The molecule has 0 spiro atoms. The number of aromatic nitrogens is 2. The molecule has 5 heteroatoms. The van der Waals surface area contributed by atoms with Crippen molar-refractivity contribution in [2.45, 2.75) is 33.8 Å². The minimum Gasteiger partial charge on any atom is -0.474 e. The summed E-state index contributed by atoms with van der Waals surface area (Å²) in [5.74, 6) is 1.02. The van der Waals surface area contributed by atoms with Crippen molar-refractivity contribution >= 4 is 33.2 Å². The number of fused-ring (bicyclic) bond motifs is 1. The number of nitrogens with zero attached hydrogens (tertiary/aromatic N) is 2. The van der Waals surface area contributed by atoms with E-state index in [0.29, 0.717) is 11.8 Å². The molecule has 0 amide bonds. The van der Waals surface area contributed by atoms with Crippen LogP contribution in [0.4, 0.5) is 0 Å². The number of aryl methyl sites for hydroxylation is 1. The van der Waals surface area contributed by atoms with Crippen molar-refractivity contribution in [2.24, 2.45) is 5.92 Å². The molecule has 0 aliphatic heterocycles. The highest BCUT2D eigenvalue weighted by molar-refractivity contribution is 7.18. The standard InChI is InChI=1S/C12H15ClN2OS/c1-6(2)8(4)16-10-9-5-7(3)17-11(9)15-12(13)14-10/h5-6,8H,1-4H3. The topological polar surface area (TPSA) is 35.0 Å². The summed E-state index contributed by atoms with van der Waals surface area (Å²) >= 11 is 7.50. The van der Waals surface area contributed by atoms with Crippen molar-refractivity contribution in [1.29, 1.82) is 0 Å². The zero-order chi connectivity index (χ0) is 12.6. The molecule has 2 rings (SSSR count). The van der Waals surface area contributed by atoms with E-state index in [4.69, 9.17) is 16.3 Å². The zero-order valence-corrected chi connectivity index (χ0v) is 11.9. The van der Waals surface area contributed by atoms with Gasteiger partial charge in [0.1, 0.15) is 4.83 Å². The second kappa shape index (κ2) is 4.78. The van der Waals surface area contributed by atoms with Crippen LogP contribution in [0.1, 0.15) is 25.6 Å². The molecule has 92 valence electrons. The van der Waals surface area contributed by atoms with E-state index in [2.05, 4.69) is 23.8 Å². The van der Waals surface area contributed by atoms with Gasteiger partial charge in [-0.25, -0.2) is 4.98 Å². The van der Waals surface area contributed by atoms with Crippen LogP contribution >= 0.6 is 22.9 Å². The molecule has 0 radical (unpaired) electrons. The monoisotopic (exact) mass is 270 g/mol. The number of ether oxygens (including phenoxy) is 1. The van der Waals surface area contributed by atoms with Crippen molar-refractivity contribution in [3.8, 4) is 5.88 Å².